The second-order valence-corrected chi connectivity index (χ2v) is 11.3. The zero-order valence-corrected chi connectivity index (χ0v) is 23.7. The second-order valence-electron chi connectivity index (χ2n) is 11.3. The number of alkyl halides is 3. The Morgan fingerprint density at radius 1 is 1.12 bits per heavy atom. The van der Waals surface area contributed by atoms with Crippen LogP contribution in [0.4, 0.5) is 24.8 Å². The molecule has 1 aliphatic rings. The Labute approximate surface area is 236 Å². The predicted molar refractivity (Wildman–Crippen MR) is 147 cm³/mol. The molecule has 41 heavy (non-hydrogen) atoms. The molecule has 1 heterocycles. The number of aromatic nitrogens is 2. The number of rotatable bonds is 9. The van der Waals surface area contributed by atoms with Gasteiger partial charge in [-0.05, 0) is 67.0 Å². The lowest BCUT2D eigenvalue weighted by Gasteiger charge is -2.40. The summed E-state index contributed by atoms with van der Waals surface area (Å²) in [7, 11) is 2.74. The van der Waals surface area contributed by atoms with E-state index < -0.39 is 12.3 Å². The van der Waals surface area contributed by atoms with Crippen LogP contribution >= 0.6 is 0 Å². The summed E-state index contributed by atoms with van der Waals surface area (Å²) in [6.07, 6.45) is -1.79. The van der Waals surface area contributed by atoms with Gasteiger partial charge in [0, 0.05) is 24.8 Å². The number of benzene rings is 2. The minimum atomic E-state index is -4.77. The molecule has 1 saturated carbocycles. The second kappa shape index (κ2) is 11.9. The van der Waals surface area contributed by atoms with Crippen molar-refractivity contribution in [2.24, 2.45) is 11.3 Å². The summed E-state index contributed by atoms with van der Waals surface area (Å²) in [4.78, 5) is 29.9. The van der Waals surface area contributed by atoms with E-state index in [9.17, 15) is 22.8 Å². The molecule has 12 heteroatoms. The Hall–Kier alpha value is -3.96. The molecular weight excluding hydrogens is 541 g/mol. The van der Waals surface area contributed by atoms with Crippen molar-refractivity contribution in [3.63, 3.8) is 0 Å². The van der Waals surface area contributed by atoms with E-state index in [-0.39, 0.29) is 36.3 Å². The Kier molecular flexibility index (Phi) is 8.69. The van der Waals surface area contributed by atoms with Gasteiger partial charge in [-0.1, -0.05) is 20.8 Å². The van der Waals surface area contributed by atoms with Gasteiger partial charge in [0.05, 0.1) is 18.1 Å². The molecule has 1 amide bonds. The average molecular weight is 577 g/mol. The average Bonchev–Trinajstić information content (AvgIpc) is 3.23. The number of anilines is 2. The zero-order valence-electron chi connectivity index (χ0n) is 23.7. The van der Waals surface area contributed by atoms with Crippen molar-refractivity contribution in [1.82, 2.24) is 14.5 Å². The van der Waals surface area contributed by atoms with Crippen molar-refractivity contribution in [1.29, 1.82) is 0 Å². The van der Waals surface area contributed by atoms with Gasteiger partial charge in [0.25, 0.3) is 5.91 Å². The molecule has 222 valence electrons. The van der Waals surface area contributed by atoms with Gasteiger partial charge in [0.1, 0.15) is 18.0 Å². The van der Waals surface area contributed by atoms with Crippen LogP contribution in [0.5, 0.6) is 11.5 Å². The van der Waals surface area contributed by atoms with E-state index in [1.807, 2.05) is 6.07 Å². The number of nitrogens with one attached hydrogen (secondary N) is 1. The Morgan fingerprint density at radius 3 is 2.44 bits per heavy atom. The first kappa shape index (κ1) is 30.0. The number of imidazole rings is 1. The van der Waals surface area contributed by atoms with Crippen molar-refractivity contribution in [2.45, 2.75) is 52.4 Å². The number of likely N-dealkylation sites (N-methyl/N-ethyl adjacent to an activating group) is 1. The highest BCUT2D eigenvalue weighted by atomic mass is 19.4. The standard InChI is InChI=1S/C29H35F3N4O5/c1-18-12-20(15-28(2,3)14-18)36-24-11-10-22(40-17-25(37)35(4)16-26(38)39-5)13-23(24)34-27(36)33-19-6-8-21(9-7-19)41-29(30,31)32/h6-11,13,18,20H,12,14-17H2,1-5H3,(H,33,34)/t18-,20+/m0/s1. The molecule has 0 saturated heterocycles. The van der Waals surface area contributed by atoms with E-state index in [1.54, 1.807) is 12.1 Å². The summed E-state index contributed by atoms with van der Waals surface area (Å²) in [6, 6.07) is 11.0. The number of hydrogen-bond donors (Lipinski definition) is 1. The van der Waals surface area contributed by atoms with Crippen LogP contribution in [-0.4, -0.2) is 60.0 Å². The van der Waals surface area contributed by atoms with Crippen LogP contribution < -0.4 is 14.8 Å². The number of nitrogens with zero attached hydrogens (tertiary/aromatic N) is 3. The Bertz CT molecular complexity index is 1390. The first-order valence-corrected chi connectivity index (χ1v) is 13.3. The fourth-order valence-electron chi connectivity index (χ4n) is 5.59. The third-order valence-electron chi connectivity index (χ3n) is 7.12. The highest BCUT2D eigenvalue weighted by Crippen LogP contribution is 2.46. The molecule has 1 aliphatic carbocycles. The summed E-state index contributed by atoms with van der Waals surface area (Å²) < 4.78 is 54.2. The number of amides is 1. The quantitative estimate of drug-likeness (QED) is 0.309. The predicted octanol–water partition coefficient (Wildman–Crippen LogP) is 6.08. The number of carbonyl (C=O) groups is 2. The molecule has 0 radical (unpaired) electrons. The minimum absolute atomic E-state index is 0.117. The summed E-state index contributed by atoms with van der Waals surface area (Å²) in [5, 5.41) is 3.27. The fraction of sp³-hybridized carbons (Fsp3) is 0.483. The molecule has 9 nitrogen and oxygen atoms in total. The number of hydrogen-bond acceptors (Lipinski definition) is 7. The van der Waals surface area contributed by atoms with E-state index in [0.717, 1.165) is 24.8 Å². The number of methoxy groups -OCH3 is 1. The number of ether oxygens (including phenoxy) is 3. The van der Waals surface area contributed by atoms with E-state index in [0.29, 0.717) is 28.8 Å². The molecule has 1 aromatic heterocycles. The third kappa shape index (κ3) is 7.83. The summed E-state index contributed by atoms with van der Waals surface area (Å²) in [5.41, 5.74) is 2.16. The summed E-state index contributed by atoms with van der Waals surface area (Å²) in [6.45, 7) is 6.28. The molecule has 1 fully saturated rings. The maximum atomic E-state index is 12.6. The van der Waals surface area contributed by atoms with Crippen molar-refractivity contribution in [2.75, 3.05) is 32.6 Å². The van der Waals surface area contributed by atoms with Crippen LogP contribution in [-0.2, 0) is 14.3 Å². The Morgan fingerprint density at radius 2 is 1.80 bits per heavy atom. The maximum absolute atomic E-state index is 12.6. The molecule has 0 spiro atoms. The zero-order chi connectivity index (χ0) is 29.9. The molecule has 1 N–H and O–H groups in total. The summed E-state index contributed by atoms with van der Waals surface area (Å²) >= 11 is 0. The lowest BCUT2D eigenvalue weighted by Crippen LogP contribution is -2.35. The van der Waals surface area contributed by atoms with Crippen LogP contribution in [0, 0.1) is 11.3 Å². The van der Waals surface area contributed by atoms with Gasteiger partial charge in [-0.15, -0.1) is 13.2 Å². The van der Waals surface area contributed by atoms with Crippen LogP contribution in [0.2, 0.25) is 0 Å². The van der Waals surface area contributed by atoms with Crippen molar-refractivity contribution < 1.29 is 37.0 Å². The van der Waals surface area contributed by atoms with Gasteiger partial charge in [-0.2, -0.15) is 0 Å². The third-order valence-corrected chi connectivity index (χ3v) is 7.12. The molecular formula is C29H35F3N4O5. The van der Waals surface area contributed by atoms with Crippen LogP contribution in [0.25, 0.3) is 11.0 Å². The molecule has 2 atom stereocenters. The first-order valence-electron chi connectivity index (χ1n) is 13.3. The van der Waals surface area contributed by atoms with Crippen molar-refractivity contribution in [3.05, 3.63) is 42.5 Å². The highest BCUT2D eigenvalue weighted by molar-refractivity contribution is 5.84. The van der Waals surface area contributed by atoms with Crippen LogP contribution in [0.15, 0.2) is 42.5 Å². The van der Waals surface area contributed by atoms with Crippen molar-refractivity contribution >= 4 is 34.5 Å². The number of carbonyl (C=O) groups excluding carboxylic acids is 2. The number of fused-ring (bicyclic) bond motifs is 1. The van der Waals surface area contributed by atoms with Gasteiger partial charge in [0.2, 0.25) is 5.95 Å². The number of esters is 1. The van der Waals surface area contributed by atoms with Crippen LogP contribution in [0.1, 0.15) is 46.1 Å². The van der Waals surface area contributed by atoms with E-state index in [1.165, 1.54) is 43.3 Å². The molecule has 4 rings (SSSR count). The number of halogens is 3. The Balaban J connectivity index is 1.61. The SMILES string of the molecule is COC(=O)CN(C)C(=O)COc1ccc2c(c1)nc(Nc1ccc(OC(F)(F)F)cc1)n2[C@@H]1C[C@H](C)CC(C)(C)C1. The first-order chi connectivity index (χ1) is 19.2. The maximum Gasteiger partial charge on any atom is 0.573 e. The van der Waals surface area contributed by atoms with Gasteiger partial charge in [-0.25, -0.2) is 4.98 Å². The van der Waals surface area contributed by atoms with Gasteiger partial charge in [-0.3, -0.25) is 9.59 Å². The van der Waals surface area contributed by atoms with Gasteiger partial charge in [0.15, 0.2) is 6.61 Å². The molecule has 0 aliphatic heterocycles. The van der Waals surface area contributed by atoms with Crippen molar-refractivity contribution in [3.8, 4) is 11.5 Å². The van der Waals surface area contributed by atoms with E-state index >= 15 is 0 Å². The molecule has 0 bridgehead atoms. The van der Waals surface area contributed by atoms with Gasteiger partial charge < -0.3 is 29.0 Å². The lowest BCUT2D eigenvalue weighted by molar-refractivity contribution is -0.274. The van der Waals surface area contributed by atoms with E-state index in [2.05, 4.69) is 40.1 Å². The fourth-order valence-corrected chi connectivity index (χ4v) is 5.59. The topological polar surface area (TPSA) is 94.9 Å². The largest absolute Gasteiger partial charge is 0.573 e. The monoisotopic (exact) mass is 576 g/mol. The molecule has 2 aromatic carbocycles. The molecule has 0 unspecified atom stereocenters. The lowest BCUT2D eigenvalue weighted by atomic mass is 9.70. The minimum Gasteiger partial charge on any atom is -0.484 e. The van der Waals surface area contributed by atoms with Crippen LogP contribution in [0.3, 0.4) is 0 Å². The normalized spacial score (nSPS) is 18.5. The highest BCUT2D eigenvalue weighted by Gasteiger charge is 2.35. The van der Waals surface area contributed by atoms with Gasteiger partial charge >= 0.3 is 12.3 Å². The smallest absolute Gasteiger partial charge is 0.484 e. The molecule has 3 aromatic rings. The van der Waals surface area contributed by atoms with E-state index in [4.69, 9.17) is 9.72 Å². The summed E-state index contributed by atoms with van der Waals surface area (Å²) in [5.74, 6) is 0.233.